The fraction of sp³-hybridized carbons (Fsp3) is 0.929. The smallest absolute Gasteiger partial charge is 0.381 e. The molecule has 1 amide bonds. The van der Waals surface area contributed by atoms with Gasteiger partial charge in [-0.2, -0.15) is 43.9 Å². The molecule has 1 N–H and O–H groups in total. The van der Waals surface area contributed by atoms with Gasteiger partial charge in [-0.25, -0.2) is 0 Å². The summed E-state index contributed by atoms with van der Waals surface area (Å²) in [5.41, 5.74) is 0. The van der Waals surface area contributed by atoms with Crippen LogP contribution in [-0.2, 0) is 9.53 Å². The highest BCUT2D eigenvalue weighted by atomic mass is 19.4. The number of halogens is 10. The Labute approximate surface area is 146 Å². The van der Waals surface area contributed by atoms with Gasteiger partial charge in [0.25, 0.3) is 0 Å². The van der Waals surface area contributed by atoms with E-state index in [0.29, 0.717) is 0 Å². The largest absolute Gasteiger partial charge is 0.384 e. The number of carbonyl (C=O) groups is 1. The SMILES string of the molecule is COC1CCC(NC(=O)C2C(F)(F)C(F)(F)C(F)(F)C(F)(F)C2(F)F)CC1. The van der Waals surface area contributed by atoms with Crippen LogP contribution in [0, 0.1) is 5.92 Å². The maximum atomic E-state index is 13.8. The van der Waals surface area contributed by atoms with Crippen molar-refractivity contribution < 1.29 is 53.4 Å². The monoisotopic (exact) mass is 419 g/mol. The van der Waals surface area contributed by atoms with Crippen molar-refractivity contribution in [2.24, 2.45) is 5.92 Å². The van der Waals surface area contributed by atoms with Gasteiger partial charge in [0.2, 0.25) is 5.91 Å². The lowest BCUT2D eigenvalue weighted by atomic mass is 9.74. The number of hydrogen-bond acceptors (Lipinski definition) is 2. The van der Waals surface area contributed by atoms with Crippen LogP contribution >= 0.6 is 0 Å². The van der Waals surface area contributed by atoms with E-state index >= 15 is 0 Å². The molecule has 3 nitrogen and oxygen atoms in total. The molecule has 2 aliphatic carbocycles. The summed E-state index contributed by atoms with van der Waals surface area (Å²) < 4.78 is 140. The Morgan fingerprint density at radius 3 is 1.56 bits per heavy atom. The van der Waals surface area contributed by atoms with Crippen molar-refractivity contribution in [3.8, 4) is 0 Å². The summed E-state index contributed by atoms with van der Waals surface area (Å²) in [7, 11) is 1.36. The van der Waals surface area contributed by atoms with Gasteiger partial charge in [0, 0.05) is 13.2 Å². The zero-order valence-corrected chi connectivity index (χ0v) is 13.7. The molecule has 2 saturated carbocycles. The number of rotatable bonds is 3. The second-order valence-corrected chi connectivity index (χ2v) is 6.62. The molecule has 27 heavy (non-hydrogen) atoms. The predicted octanol–water partition coefficient (Wildman–Crippen LogP) is 3.87. The molecule has 0 unspecified atom stereocenters. The van der Waals surface area contributed by atoms with Crippen LogP contribution in [-0.4, -0.2) is 54.8 Å². The van der Waals surface area contributed by atoms with E-state index in [1.54, 1.807) is 5.32 Å². The fourth-order valence-electron chi connectivity index (χ4n) is 3.26. The summed E-state index contributed by atoms with van der Waals surface area (Å²) in [6.45, 7) is 0. The van der Waals surface area contributed by atoms with Crippen molar-refractivity contribution >= 4 is 5.91 Å². The van der Waals surface area contributed by atoms with E-state index < -0.39 is 47.5 Å². The minimum atomic E-state index is -7.07. The number of ether oxygens (including phenoxy) is 1. The molecular formula is C14H15F10NO2. The van der Waals surface area contributed by atoms with Crippen LogP contribution in [0.4, 0.5) is 43.9 Å². The molecule has 0 radical (unpaired) electrons. The minimum absolute atomic E-state index is 0.0110. The van der Waals surface area contributed by atoms with Crippen LogP contribution in [0.1, 0.15) is 25.7 Å². The second kappa shape index (κ2) is 6.38. The second-order valence-electron chi connectivity index (χ2n) is 6.62. The Balaban J connectivity index is 2.35. The molecule has 0 heterocycles. The first-order chi connectivity index (χ1) is 12.1. The lowest BCUT2D eigenvalue weighted by molar-refractivity contribution is -0.457. The molecule has 2 aliphatic rings. The molecule has 13 heteroatoms. The molecule has 2 rings (SSSR count). The highest BCUT2D eigenvalue weighted by molar-refractivity contribution is 5.82. The van der Waals surface area contributed by atoms with Gasteiger partial charge in [0.1, 0.15) is 0 Å². The van der Waals surface area contributed by atoms with Gasteiger partial charge < -0.3 is 10.1 Å². The van der Waals surface area contributed by atoms with Gasteiger partial charge in [-0.1, -0.05) is 0 Å². The van der Waals surface area contributed by atoms with Crippen LogP contribution in [0.3, 0.4) is 0 Å². The van der Waals surface area contributed by atoms with Gasteiger partial charge in [-0.3, -0.25) is 4.79 Å². The van der Waals surface area contributed by atoms with Crippen LogP contribution in [0.2, 0.25) is 0 Å². The summed E-state index contributed by atoms with van der Waals surface area (Å²) in [4.78, 5) is 11.8. The first-order valence-electron chi connectivity index (χ1n) is 7.78. The standard InChI is InChI=1S/C14H15F10NO2/c1-27-7-4-2-6(3-5-7)25-9(26)8-10(15,16)12(19,20)14(23,24)13(21,22)11(8,17)18/h6-8H,2-5H2,1H3,(H,25,26). The molecule has 0 aliphatic heterocycles. The zero-order valence-electron chi connectivity index (χ0n) is 13.7. The van der Waals surface area contributed by atoms with Crippen molar-refractivity contribution in [3.05, 3.63) is 0 Å². The molecule has 0 aromatic rings. The molecule has 0 saturated heterocycles. The number of methoxy groups -OCH3 is 1. The lowest BCUT2D eigenvalue weighted by Gasteiger charge is -2.49. The number of nitrogens with one attached hydrogen (secondary N) is 1. The Morgan fingerprint density at radius 1 is 0.778 bits per heavy atom. The Kier molecular flexibility index (Phi) is 5.20. The molecule has 0 aromatic carbocycles. The van der Waals surface area contributed by atoms with Gasteiger partial charge in [0.15, 0.2) is 5.92 Å². The van der Waals surface area contributed by atoms with Gasteiger partial charge >= 0.3 is 29.6 Å². The molecule has 2 fully saturated rings. The summed E-state index contributed by atoms with van der Waals surface area (Å²) in [5.74, 6) is -40.9. The molecule has 0 spiro atoms. The van der Waals surface area contributed by atoms with E-state index in [1.807, 2.05) is 0 Å². The quantitative estimate of drug-likeness (QED) is 0.706. The number of carbonyl (C=O) groups excluding carboxylic acids is 1. The number of hydrogen-bond donors (Lipinski definition) is 1. The van der Waals surface area contributed by atoms with E-state index in [-0.39, 0.29) is 31.8 Å². The molecule has 158 valence electrons. The maximum Gasteiger partial charge on any atom is 0.384 e. The Bertz CT molecular complexity index is 556. The molecule has 0 atom stereocenters. The fourth-order valence-corrected chi connectivity index (χ4v) is 3.26. The van der Waals surface area contributed by atoms with Crippen molar-refractivity contribution in [2.45, 2.75) is 67.4 Å². The molecular weight excluding hydrogens is 404 g/mol. The third-order valence-electron chi connectivity index (χ3n) is 4.97. The summed E-state index contributed by atoms with van der Waals surface area (Å²) in [5, 5.41) is 1.58. The van der Waals surface area contributed by atoms with E-state index in [9.17, 15) is 48.7 Å². The van der Waals surface area contributed by atoms with Crippen molar-refractivity contribution in [2.75, 3.05) is 7.11 Å². The maximum absolute atomic E-state index is 13.8. The molecule has 0 aromatic heterocycles. The highest BCUT2D eigenvalue weighted by Crippen LogP contribution is 2.66. The van der Waals surface area contributed by atoms with E-state index in [4.69, 9.17) is 4.74 Å². The van der Waals surface area contributed by atoms with E-state index in [2.05, 4.69) is 0 Å². The predicted molar refractivity (Wildman–Crippen MR) is 69.4 cm³/mol. The number of alkyl halides is 10. The normalized spacial score (nSPS) is 34.0. The minimum Gasteiger partial charge on any atom is -0.381 e. The third kappa shape index (κ3) is 2.87. The van der Waals surface area contributed by atoms with Crippen LogP contribution < -0.4 is 5.32 Å². The van der Waals surface area contributed by atoms with E-state index in [0.717, 1.165) is 0 Å². The first-order valence-corrected chi connectivity index (χ1v) is 7.78. The summed E-state index contributed by atoms with van der Waals surface area (Å²) >= 11 is 0. The van der Waals surface area contributed by atoms with Crippen LogP contribution in [0.25, 0.3) is 0 Å². The molecule has 0 bridgehead atoms. The lowest BCUT2D eigenvalue weighted by Crippen LogP contribution is -2.79. The highest BCUT2D eigenvalue weighted by Gasteiger charge is 2.96. The van der Waals surface area contributed by atoms with Crippen LogP contribution in [0.15, 0.2) is 0 Å². The van der Waals surface area contributed by atoms with E-state index in [1.165, 1.54) is 7.11 Å². The number of amides is 1. The van der Waals surface area contributed by atoms with Gasteiger partial charge in [0.05, 0.1) is 6.10 Å². The average molecular weight is 419 g/mol. The van der Waals surface area contributed by atoms with Gasteiger partial charge in [-0.05, 0) is 25.7 Å². The first kappa shape index (κ1) is 22.0. The summed E-state index contributed by atoms with van der Waals surface area (Å²) in [6, 6.07) is -1.06. The third-order valence-corrected chi connectivity index (χ3v) is 4.97. The van der Waals surface area contributed by atoms with Gasteiger partial charge in [-0.15, -0.1) is 0 Å². The van der Waals surface area contributed by atoms with Crippen LogP contribution in [0.5, 0.6) is 0 Å². The zero-order chi connectivity index (χ0) is 21.1. The average Bonchev–Trinajstić information content (AvgIpc) is 2.53. The van der Waals surface area contributed by atoms with Crippen molar-refractivity contribution in [3.63, 3.8) is 0 Å². The Morgan fingerprint density at radius 2 is 1.19 bits per heavy atom. The summed E-state index contributed by atoms with van der Waals surface area (Å²) in [6.07, 6.45) is 0.254. The Hall–Kier alpha value is -1.27. The van der Waals surface area contributed by atoms with Crippen molar-refractivity contribution in [1.29, 1.82) is 0 Å². The van der Waals surface area contributed by atoms with Crippen molar-refractivity contribution in [1.82, 2.24) is 5.32 Å². The topological polar surface area (TPSA) is 38.3 Å².